The average molecular weight is 344 g/mol. The first-order valence-electron chi connectivity index (χ1n) is 5.74. The predicted molar refractivity (Wildman–Crippen MR) is 84.6 cm³/mol. The first kappa shape index (κ1) is 15.6. The Labute approximate surface area is 135 Å². The average Bonchev–Trinajstić information content (AvgIpc) is 2.44. The van der Waals surface area contributed by atoms with Gasteiger partial charge in [0.05, 0.1) is 11.2 Å². The first-order valence-corrected chi connectivity index (χ1v) is 6.88. The van der Waals surface area contributed by atoms with Gasteiger partial charge in [0, 0.05) is 21.2 Å². The Bertz CT molecular complexity index is 700. The Morgan fingerprint density at radius 2 is 1.76 bits per heavy atom. The van der Waals surface area contributed by atoms with Gasteiger partial charge in [0.15, 0.2) is 0 Å². The van der Waals surface area contributed by atoms with Crippen molar-refractivity contribution in [3.63, 3.8) is 0 Å². The maximum atomic E-state index is 11.8. The topological polar surface area (TPSA) is 61.7 Å². The van der Waals surface area contributed by atoms with Crippen LogP contribution in [0.1, 0.15) is 15.9 Å². The molecule has 0 aliphatic carbocycles. The van der Waals surface area contributed by atoms with E-state index in [9.17, 15) is 9.90 Å². The van der Waals surface area contributed by atoms with Gasteiger partial charge in [-0.1, -0.05) is 34.8 Å². The Morgan fingerprint density at radius 1 is 1.10 bits per heavy atom. The van der Waals surface area contributed by atoms with E-state index in [0.29, 0.717) is 21.2 Å². The van der Waals surface area contributed by atoms with Gasteiger partial charge < -0.3 is 5.11 Å². The summed E-state index contributed by atoms with van der Waals surface area (Å²) in [5.74, 6) is -0.568. The van der Waals surface area contributed by atoms with Gasteiger partial charge >= 0.3 is 0 Å². The third-order valence-corrected chi connectivity index (χ3v) is 3.29. The quantitative estimate of drug-likeness (QED) is 0.650. The summed E-state index contributed by atoms with van der Waals surface area (Å²) < 4.78 is 0. The lowest BCUT2D eigenvalue weighted by molar-refractivity contribution is 0.0955. The number of amides is 1. The van der Waals surface area contributed by atoms with Gasteiger partial charge in [-0.3, -0.25) is 4.79 Å². The van der Waals surface area contributed by atoms with E-state index >= 15 is 0 Å². The van der Waals surface area contributed by atoms with E-state index in [4.69, 9.17) is 34.8 Å². The third-order valence-electron chi connectivity index (χ3n) is 2.53. The van der Waals surface area contributed by atoms with Gasteiger partial charge in [0.2, 0.25) is 0 Å². The number of rotatable bonds is 3. The zero-order chi connectivity index (χ0) is 15.4. The molecule has 2 rings (SSSR count). The molecule has 0 radical (unpaired) electrons. The van der Waals surface area contributed by atoms with E-state index < -0.39 is 5.91 Å². The fraction of sp³-hybridized carbons (Fsp3) is 0. The molecule has 0 unspecified atom stereocenters. The minimum absolute atomic E-state index is 0.105. The predicted octanol–water partition coefficient (Wildman–Crippen LogP) is 4.12. The molecule has 21 heavy (non-hydrogen) atoms. The molecule has 1 amide bonds. The van der Waals surface area contributed by atoms with E-state index in [1.807, 2.05) is 0 Å². The number of carbonyl (C=O) groups is 1. The van der Waals surface area contributed by atoms with E-state index in [2.05, 4.69) is 10.5 Å². The van der Waals surface area contributed by atoms with Gasteiger partial charge in [0.25, 0.3) is 5.91 Å². The van der Waals surface area contributed by atoms with Gasteiger partial charge in [0.1, 0.15) is 5.75 Å². The maximum Gasteiger partial charge on any atom is 0.271 e. The molecule has 4 nitrogen and oxygen atoms in total. The van der Waals surface area contributed by atoms with Gasteiger partial charge in [-0.05, 0) is 36.4 Å². The molecule has 7 heteroatoms. The van der Waals surface area contributed by atoms with Crippen LogP contribution in [0.5, 0.6) is 5.75 Å². The highest BCUT2D eigenvalue weighted by molar-refractivity contribution is 6.36. The van der Waals surface area contributed by atoms with Crippen molar-refractivity contribution in [2.45, 2.75) is 0 Å². The molecular formula is C14H9Cl3N2O2. The fourth-order valence-electron chi connectivity index (χ4n) is 1.51. The van der Waals surface area contributed by atoms with Crippen LogP contribution in [-0.4, -0.2) is 17.2 Å². The minimum atomic E-state index is -0.407. The van der Waals surface area contributed by atoms with Crippen molar-refractivity contribution in [2.75, 3.05) is 0 Å². The van der Waals surface area contributed by atoms with Gasteiger partial charge in [-0.15, -0.1) is 0 Å². The van der Waals surface area contributed by atoms with Crippen molar-refractivity contribution in [3.05, 3.63) is 62.6 Å². The summed E-state index contributed by atoms with van der Waals surface area (Å²) >= 11 is 17.3. The highest BCUT2D eigenvalue weighted by atomic mass is 35.5. The third kappa shape index (κ3) is 4.11. The number of aromatic hydroxyl groups is 1. The number of hydrazone groups is 1. The number of carbonyl (C=O) groups excluding carboxylic acids is 1. The SMILES string of the molecule is O=C(N/N=C\c1cc(Cl)cc(Cl)c1O)c1ccc(Cl)cc1. The second-order valence-electron chi connectivity index (χ2n) is 4.03. The van der Waals surface area contributed by atoms with E-state index in [1.54, 1.807) is 24.3 Å². The summed E-state index contributed by atoms with van der Waals surface area (Å²) in [6.45, 7) is 0. The summed E-state index contributed by atoms with van der Waals surface area (Å²) in [5, 5.41) is 14.5. The number of halogens is 3. The van der Waals surface area contributed by atoms with Crippen molar-refractivity contribution in [2.24, 2.45) is 5.10 Å². The summed E-state index contributed by atoms with van der Waals surface area (Å²) in [5.41, 5.74) is 3.03. The number of phenolic OH excluding ortho intramolecular Hbond substituents is 1. The molecule has 0 saturated carbocycles. The second-order valence-corrected chi connectivity index (χ2v) is 5.31. The summed E-state index contributed by atoms with van der Waals surface area (Å²) in [4.78, 5) is 11.8. The Kier molecular flexibility index (Phi) is 5.07. The van der Waals surface area contributed by atoms with Crippen molar-refractivity contribution in [3.8, 4) is 5.75 Å². The Morgan fingerprint density at radius 3 is 2.43 bits per heavy atom. The standard InChI is InChI=1S/C14H9Cl3N2O2/c15-10-3-1-8(2-4-10)14(21)19-18-7-9-5-11(16)6-12(17)13(9)20/h1-7,20H,(H,19,21)/b18-7-. The van der Waals surface area contributed by atoms with E-state index in [0.717, 1.165) is 0 Å². The van der Waals surface area contributed by atoms with Crippen LogP contribution in [0.2, 0.25) is 15.1 Å². The van der Waals surface area contributed by atoms with Crippen molar-refractivity contribution >= 4 is 46.9 Å². The Balaban J connectivity index is 2.09. The van der Waals surface area contributed by atoms with Crippen LogP contribution >= 0.6 is 34.8 Å². The number of benzene rings is 2. The molecule has 0 fully saturated rings. The van der Waals surface area contributed by atoms with Crippen molar-refractivity contribution in [1.82, 2.24) is 5.43 Å². The molecule has 0 bridgehead atoms. The van der Waals surface area contributed by atoms with Crippen LogP contribution in [0.4, 0.5) is 0 Å². The molecule has 2 aromatic carbocycles. The van der Waals surface area contributed by atoms with Crippen LogP contribution in [0.15, 0.2) is 41.5 Å². The molecule has 2 N–H and O–H groups in total. The van der Waals surface area contributed by atoms with Gasteiger partial charge in [-0.2, -0.15) is 5.10 Å². The molecule has 0 heterocycles. The largest absolute Gasteiger partial charge is 0.506 e. The minimum Gasteiger partial charge on any atom is -0.506 e. The summed E-state index contributed by atoms with van der Waals surface area (Å²) in [6.07, 6.45) is 1.25. The van der Waals surface area contributed by atoms with Crippen LogP contribution in [0.3, 0.4) is 0 Å². The monoisotopic (exact) mass is 342 g/mol. The molecule has 0 saturated heterocycles. The zero-order valence-corrected chi connectivity index (χ0v) is 12.7. The normalized spacial score (nSPS) is 10.8. The molecule has 0 atom stereocenters. The summed E-state index contributed by atoms with van der Waals surface area (Å²) in [6, 6.07) is 9.22. The molecular weight excluding hydrogens is 335 g/mol. The van der Waals surface area contributed by atoms with Crippen LogP contribution in [-0.2, 0) is 0 Å². The van der Waals surface area contributed by atoms with Crippen LogP contribution in [0.25, 0.3) is 0 Å². The lowest BCUT2D eigenvalue weighted by Gasteiger charge is -2.03. The molecule has 2 aromatic rings. The first-order chi connectivity index (χ1) is 9.97. The highest BCUT2D eigenvalue weighted by Crippen LogP contribution is 2.29. The van der Waals surface area contributed by atoms with Crippen LogP contribution in [0, 0.1) is 0 Å². The smallest absolute Gasteiger partial charge is 0.271 e. The number of phenols is 1. The van der Waals surface area contributed by atoms with E-state index in [1.165, 1.54) is 18.3 Å². The number of hydrogen-bond acceptors (Lipinski definition) is 3. The molecule has 0 aliphatic rings. The zero-order valence-electron chi connectivity index (χ0n) is 10.5. The second kappa shape index (κ2) is 6.80. The lowest BCUT2D eigenvalue weighted by atomic mass is 10.2. The number of hydrogen-bond donors (Lipinski definition) is 2. The summed E-state index contributed by atoms with van der Waals surface area (Å²) in [7, 11) is 0. The lowest BCUT2D eigenvalue weighted by Crippen LogP contribution is -2.17. The molecule has 108 valence electrons. The molecule has 0 spiro atoms. The molecule has 0 aromatic heterocycles. The highest BCUT2D eigenvalue weighted by Gasteiger charge is 2.07. The number of nitrogens with zero attached hydrogens (tertiary/aromatic N) is 1. The number of nitrogens with one attached hydrogen (secondary N) is 1. The Hall–Kier alpha value is -1.75. The fourth-order valence-corrected chi connectivity index (χ4v) is 2.15. The van der Waals surface area contributed by atoms with E-state index in [-0.39, 0.29) is 10.8 Å². The van der Waals surface area contributed by atoms with Gasteiger partial charge in [-0.25, -0.2) is 5.43 Å². The van der Waals surface area contributed by atoms with Crippen LogP contribution < -0.4 is 5.43 Å². The van der Waals surface area contributed by atoms with Crippen molar-refractivity contribution in [1.29, 1.82) is 0 Å². The maximum absolute atomic E-state index is 11.8. The van der Waals surface area contributed by atoms with Crippen molar-refractivity contribution < 1.29 is 9.90 Å². The molecule has 0 aliphatic heterocycles.